The maximum absolute atomic E-state index is 5.88. The van der Waals surface area contributed by atoms with Gasteiger partial charge in [-0.2, -0.15) is 0 Å². The first kappa shape index (κ1) is 13.0. The van der Waals surface area contributed by atoms with Gasteiger partial charge in [0.1, 0.15) is 11.3 Å². The molecule has 0 spiro atoms. The van der Waals surface area contributed by atoms with Crippen LogP contribution in [0.3, 0.4) is 0 Å². The summed E-state index contributed by atoms with van der Waals surface area (Å²) in [5.41, 5.74) is 2.47. The predicted octanol–water partition coefficient (Wildman–Crippen LogP) is 4.69. The fraction of sp³-hybridized carbons (Fsp3) is 0.0556. The zero-order valence-corrected chi connectivity index (χ0v) is 12.1. The molecule has 0 aliphatic heterocycles. The summed E-state index contributed by atoms with van der Waals surface area (Å²) >= 11 is 0. The molecule has 22 heavy (non-hydrogen) atoms. The van der Waals surface area contributed by atoms with Gasteiger partial charge in [-0.05, 0) is 23.6 Å². The molecular weight excluding hydrogens is 273 g/mol. The van der Waals surface area contributed by atoms with E-state index in [9.17, 15) is 0 Å². The number of hydrogen-bond donors (Lipinski definition) is 0. The lowest BCUT2D eigenvalue weighted by atomic mass is 10.0. The van der Waals surface area contributed by atoms with Gasteiger partial charge in [-0.1, -0.05) is 49.3 Å². The first-order valence-electron chi connectivity index (χ1n) is 7.19. The Kier molecular flexibility index (Phi) is 3.08. The van der Waals surface area contributed by atoms with Gasteiger partial charge in [-0.15, -0.1) is 0 Å². The van der Waals surface area contributed by atoms with Crippen LogP contribution in [0.5, 0.6) is 5.75 Å². The van der Waals surface area contributed by atoms with Gasteiger partial charge in [0.2, 0.25) is 5.89 Å². The van der Waals surface area contributed by atoms with E-state index in [2.05, 4.69) is 17.1 Å². The number of para-hydroxylation sites is 2. The summed E-state index contributed by atoms with van der Waals surface area (Å²) in [5, 5.41) is 2.17. The molecule has 4 aromatic rings. The highest BCUT2D eigenvalue weighted by atomic mass is 16.4. The average molecular weight is 286 g/mol. The highest BCUT2D eigenvalue weighted by Crippen LogP contribution is 2.37. The third-order valence-corrected chi connectivity index (χ3v) is 3.64. The number of aromatic nitrogens is 1. The van der Waals surface area contributed by atoms with Crippen LogP contribution in [0, 0.1) is 0 Å². The Hall–Kier alpha value is -2.75. The van der Waals surface area contributed by atoms with Gasteiger partial charge in [0.05, 0.1) is 5.56 Å². The molecule has 0 saturated carbocycles. The molecule has 105 valence electrons. The van der Waals surface area contributed by atoms with Crippen LogP contribution < -0.4 is 4.65 Å². The van der Waals surface area contributed by atoms with E-state index in [0.717, 1.165) is 33.2 Å². The van der Waals surface area contributed by atoms with Gasteiger partial charge in [-0.25, -0.2) is 4.98 Å². The molecule has 0 bridgehead atoms. The van der Waals surface area contributed by atoms with Crippen molar-refractivity contribution in [2.75, 3.05) is 0 Å². The summed E-state index contributed by atoms with van der Waals surface area (Å²) in [6.45, 7) is 1.86. The molecule has 1 radical (unpaired) electrons. The number of benzene rings is 3. The van der Waals surface area contributed by atoms with Crippen molar-refractivity contribution in [2.24, 2.45) is 0 Å². The molecule has 0 unspecified atom stereocenters. The van der Waals surface area contributed by atoms with Crippen LogP contribution in [0.15, 0.2) is 65.1 Å². The van der Waals surface area contributed by atoms with Gasteiger partial charge >= 0.3 is 7.48 Å². The van der Waals surface area contributed by atoms with Crippen LogP contribution in [0.25, 0.3) is 33.3 Å². The summed E-state index contributed by atoms with van der Waals surface area (Å²) in [6, 6.07) is 19.9. The minimum Gasteiger partial charge on any atom is -0.563 e. The first-order valence-corrected chi connectivity index (χ1v) is 7.19. The quantitative estimate of drug-likeness (QED) is 0.512. The Balaban J connectivity index is 1.98. The summed E-state index contributed by atoms with van der Waals surface area (Å²) in [4.78, 5) is 4.57. The lowest BCUT2D eigenvalue weighted by Gasteiger charge is -2.11. The molecule has 1 heterocycles. The van der Waals surface area contributed by atoms with Crippen LogP contribution in [0.1, 0.15) is 0 Å². The van der Waals surface area contributed by atoms with Gasteiger partial charge in [0.25, 0.3) is 0 Å². The fourth-order valence-electron chi connectivity index (χ4n) is 2.64. The third kappa shape index (κ3) is 2.04. The Morgan fingerprint density at radius 2 is 1.77 bits per heavy atom. The van der Waals surface area contributed by atoms with Crippen LogP contribution in [0.4, 0.5) is 0 Å². The topological polar surface area (TPSA) is 35.3 Å². The van der Waals surface area contributed by atoms with E-state index in [-0.39, 0.29) is 0 Å². The van der Waals surface area contributed by atoms with E-state index < -0.39 is 0 Å². The van der Waals surface area contributed by atoms with Crippen molar-refractivity contribution in [3.8, 4) is 17.2 Å². The van der Waals surface area contributed by atoms with E-state index in [1.54, 1.807) is 7.48 Å². The van der Waals surface area contributed by atoms with Crippen molar-refractivity contribution in [3.05, 3.63) is 60.7 Å². The number of hydrogen-bond acceptors (Lipinski definition) is 3. The van der Waals surface area contributed by atoms with E-state index in [1.165, 1.54) is 0 Å². The Morgan fingerprint density at radius 1 is 0.955 bits per heavy atom. The van der Waals surface area contributed by atoms with E-state index in [4.69, 9.17) is 9.07 Å². The molecule has 4 heteroatoms. The molecule has 0 amide bonds. The third-order valence-electron chi connectivity index (χ3n) is 3.64. The fourth-order valence-corrected chi connectivity index (χ4v) is 2.64. The SMILES string of the molecule is C[B]Oc1c(-c2nc3ccccc3o2)ccc2ccccc12. The Labute approximate surface area is 128 Å². The smallest absolute Gasteiger partial charge is 0.366 e. The number of oxazole rings is 1. The largest absolute Gasteiger partial charge is 0.563 e. The number of nitrogens with zero attached hydrogens (tertiary/aromatic N) is 1. The van der Waals surface area contributed by atoms with Crippen LogP contribution in [-0.4, -0.2) is 12.5 Å². The van der Waals surface area contributed by atoms with Crippen molar-refractivity contribution in [1.82, 2.24) is 4.98 Å². The zero-order chi connectivity index (χ0) is 14.9. The van der Waals surface area contributed by atoms with E-state index in [0.29, 0.717) is 5.89 Å². The van der Waals surface area contributed by atoms with Gasteiger partial charge < -0.3 is 9.07 Å². The maximum Gasteiger partial charge on any atom is 0.366 e. The van der Waals surface area contributed by atoms with Crippen molar-refractivity contribution in [3.63, 3.8) is 0 Å². The maximum atomic E-state index is 5.88. The molecule has 0 atom stereocenters. The molecule has 0 aliphatic carbocycles. The van der Waals surface area contributed by atoms with Crippen LogP contribution >= 0.6 is 0 Å². The average Bonchev–Trinajstić information content (AvgIpc) is 2.99. The molecule has 0 aliphatic rings. The monoisotopic (exact) mass is 286 g/mol. The number of fused-ring (bicyclic) bond motifs is 2. The van der Waals surface area contributed by atoms with Gasteiger partial charge in [0, 0.05) is 5.39 Å². The van der Waals surface area contributed by atoms with Crippen molar-refractivity contribution < 1.29 is 9.07 Å². The van der Waals surface area contributed by atoms with E-state index >= 15 is 0 Å². The summed E-state index contributed by atoms with van der Waals surface area (Å²) < 4.78 is 11.7. The van der Waals surface area contributed by atoms with Gasteiger partial charge in [-0.3, -0.25) is 0 Å². The van der Waals surface area contributed by atoms with Crippen LogP contribution in [-0.2, 0) is 0 Å². The predicted molar refractivity (Wildman–Crippen MR) is 89.2 cm³/mol. The van der Waals surface area contributed by atoms with Crippen molar-refractivity contribution in [2.45, 2.75) is 6.82 Å². The number of rotatable bonds is 3. The highest BCUT2D eigenvalue weighted by Gasteiger charge is 2.15. The standard InChI is InChI=1S/C18H13BNO2/c1-19-22-17-13-7-3-2-6-12(13)10-11-14(17)18-20-15-8-4-5-9-16(15)21-18/h2-11H,1H3. The molecule has 0 N–H and O–H groups in total. The molecule has 0 fully saturated rings. The molecular formula is C18H13BNO2. The molecule has 4 rings (SSSR count). The lowest BCUT2D eigenvalue weighted by Crippen LogP contribution is -1.98. The molecule has 1 aromatic heterocycles. The summed E-state index contributed by atoms with van der Waals surface area (Å²) in [5.74, 6) is 1.34. The second-order valence-electron chi connectivity index (χ2n) is 5.00. The first-order chi connectivity index (χ1) is 10.9. The minimum atomic E-state index is 0.573. The highest BCUT2D eigenvalue weighted by molar-refractivity contribution is 6.27. The molecule has 3 nitrogen and oxygen atoms in total. The lowest BCUT2D eigenvalue weighted by molar-refractivity contribution is 0.590. The minimum absolute atomic E-state index is 0.573. The van der Waals surface area contributed by atoms with Gasteiger partial charge in [0.15, 0.2) is 5.58 Å². The molecule has 0 saturated heterocycles. The summed E-state index contributed by atoms with van der Waals surface area (Å²) in [6.07, 6.45) is 0. The van der Waals surface area contributed by atoms with Crippen molar-refractivity contribution in [1.29, 1.82) is 0 Å². The second kappa shape index (κ2) is 5.22. The Morgan fingerprint density at radius 3 is 2.64 bits per heavy atom. The Bertz CT molecular complexity index is 929. The van der Waals surface area contributed by atoms with Crippen molar-refractivity contribution >= 4 is 29.4 Å². The second-order valence-corrected chi connectivity index (χ2v) is 5.00. The normalized spacial score (nSPS) is 11.0. The summed E-state index contributed by atoms with van der Waals surface area (Å²) in [7, 11) is 1.67. The van der Waals surface area contributed by atoms with Crippen LogP contribution in [0.2, 0.25) is 6.82 Å². The molecule has 3 aromatic carbocycles. The van der Waals surface area contributed by atoms with E-state index in [1.807, 2.05) is 55.4 Å². The zero-order valence-electron chi connectivity index (χ0n) is 12.1.